The Morgan fingerprint density at radius 1 is 1.42 bits per heavy atom. The van der Waals surface area contributed by atoms with E-state index in [-0.39, 0.29) is 12.0 Å². The Balaban J connectivity index is 1.98. The number of hydrogen-bond donors (Lipinski definition) is 0. The lowest BCUT2D eigenvalue weighted by Crippen LogP contribution is -2.12. The Morgan fingerprint density at radius 2 is 2.21 bits per heavy atom. The zero-order chi connectivity index (χ0) is 13.8. The quantitative estimate of drug-likeness (QED) is 0.794. The monoisotopic (exact) mass is 277 g/mol. The number of aliphatic imine (C=N–C) groups is 1. The lowest BCUT2D eigenvalue weighted by Gasteiger charge is -2.04. The van der Waals surface area contributed by atoms with Crippen LogP contribution in [0.1, 0.15) is 23.1 Å². The summed E-state index contributed by atoms with van der Waals surface area (Å²) < 4.78 is 4.68. The molecule has 1 aliphatic heterocycles. The first-order valence-electron chi connectivity index (χ1n) is 6.41. The highest BCUT2D eigenvalue weighted by Gasteiger charge is 2.21. The average molecular weight is 277 g/mol. The Kier molecular flexibility index (Phi) is 4.64. The van der Waals surface area contributed by atoms with Crippen LogP contribution in [-0.4, -0.2) is 29.9 Å². The molecule has 3 nitrogen and oxygen atoms in total. The molecule has 4 heteroatoms. The molecule has 1 heterocycles. The van der Waals surface area contributed by atoms with Crippen molar-refractivity contribution in [2.45, 2.75) is 32.7 Å². The van der Waals surface area contributed by atoms with Crippen molar-refractivity contribution < 1.29 is 9.53 Å². The summed E-state index contributed by atoms with van der Waals surface area (Å²) in [6.45, 7) is 4.25. The van der Waals surface area contributed by atoms with Crippen LogP contribution in [0.2, 0.25) is 0 Å². The van der Waals surface area contributed by atoms with Crippen LogP contribution in [0, 0.1) is 13.8 Å². The number of ether oxygens (including phenoxy) is 1. The number of nitrogens with zero attached hydrogens (tertiary/aromatic N) is 1. The fourth-order valence-electron chi connectivity index (χ4n) is 2.04. The molecule has 1 aromatic rings. The van der Waals surface area contributed by atoms with Gasteiger partial charge < -0.3 is 4.74 Å². The first kappa shape index (κ1) is 14.1. The SMILES string of the molecule is COC(=O)CC1CSC(Cc2ccc(C)c(C)c2)=N1. The molecule has 1 atom stereocenters. The van der Waals surface area contributed by atoms with Gasteiger partial charge in [0.25, 0.3) is 0 Å². The number of carbonyl (C=O) groups is 1. The number of thioether (sulfide) groups is 1. The van der Waals surface area contributed by atoms with Gasteiger partial charge in [0.05, 0.1) is 24.6 Å². The van der Waals surface area contributed by atoms with Gasteiger partial charge in [-0.1, -0.05) is 18.2 Å². The van der Waals surface area contributed by atoms with E-state index in [0.29, 0.717) is 6.42 Å². The number of methoxy groups -OCH3 is 1. The normalized spacial score (nSPS) is 18.3. The number of carbonyl (C=O) groups excluding carboxylic acids is 1. The summed E-state index contributed by atoms with van der Waals surface area (Å²) in [5.41, 5.74) is 3.91. The third-order valence-electron chi connectivity index (χ3n) is 3.33. The standard InChI is InChI=1S/C15H19NO2S/c1-10-4-5-12(6-11(10)2)7-14-16-13(9-19-14)8-15(17)18-3/h4-6,13H,7-9H2,1-3H3. The fraction of sp³-hybridized carbons (Fsp3) is 0.467. The maximum atomic E-state index is 11.2. The fourth-order valence-corrected chi connectivity index (χ4v) is 3.11. The van der Waals surface area contributed by atoms with Crippen molar-refractivity contribution in [1.29, 1.82) is 0 Å². The van der Waals surface area contributed by atoms with Crippen LogP contribution in [0.3, 0.4) is 0 Å². The summed E-state index contributed by atoms with van der Waals surface area (Å²) in [5.74, 6) is 0.705. The van der Waals surface area contributed by atoms with Gasteiger partial charge in [-0.15, -0.1) is 11.8 Å². The van der Waals surface area contributed by atoms with Crippen LogP contribution in [0.4, 0.5) is 0 Å². The molecular weight excluding hydrogens is 258 g/mol. The Hall–Kier alpha value is -1.29. The van der Waals surface area contributed by atoms with Crippen LogP contribution in [0.15, 0.2) is 23.2 Å². The van der Waals surface area contributed by atoms with E-state index in [2.05, 4.69) is 41.8 Å². The average Bonchev–Trinajstić information content (AvgIpc) is 2.81. The van der Waals surface area contributed by atoms with Crippen molar-refractivity contribution in [3.8, 4) is 0 Å². The van der Waals surface area contributed by atoms with E-state index in [4.69, 9.17) is 0 Å². The lowest BCUT2D eigenvalue weighted by atomic mass is 10.0. The van der Waals surface area contributed by atoms with E-state index in [9.17, 15) is 4.79 Å². The molecule has 102 valence electrons. The maximum absolute atomic E-state index is 11.2. The summed E-state index contributed by atoms with van der Waals surface area (Å²) in [6, 6.07) is 6.60. The predicted molar refractivity (Wildman–Crippen MR) is 79.9 cm³/mol. The molecule has 0 saturated carbocycles. The van der Waals surface area contributed by atoms with Crippen molar-refractivity contribution in [3.05, 3.63) is 34.9 Å². The van der Waals surface area contributed by atoms with Gasteiger partial charge in [-0.05, 0) is 30.5 Å². The van der Waals surface area contributed by atoms with E-state index in [1.54, 1.807) is 11.8 Å². The minimum absolute atomic E-state index is 0.0824. The van der Waals surface area contributed by atoms with Crippen LogP contribution in [-0.2, 0) is 16.0 Å². The van der Waals surface area contributed by atoms with Crippen molar-refractivity contribution in [3.63, 3.8) is 0 Å². The highest BCUT2D eigenvalue weighted by atomic mass is 32.2. The molecule has 0 spiro atoms. The molecule has 0 aromatic heterocycles. The van der Waals surface area contributed by atoms with Crippen LogP contribution < -0.4 is 0 Å². The Morgan fingerprint density at radius 3 is 2.89 bits per heavy atom. The number of hydrogen-bond acceptors (Lipinski definition) is 4. The van der Waals surface area contributed by atoms with Gasteiger partial charge in [0.15, 0.2) is 0 Å². The maximum Gasteiger partial charge on any atom is 0.307 e. The first-order chi connectivity index (χ1) is 9.08. The van der Waals surface area contributed by atoms with Gasteiger partial charge in [-0.2, -0.15) is 0 Å². The molecule has 0 radical (unpaired) electrons. The third-order valence-corrected chi connectivity index (χ3v) is 4.46. The number of esters is 1. The molecule has 0 saturated heterocycles. The number of aryl methyl sites for hydroxylation is 2. The number of rotatable bonds is 4. The van der Waals surface area contributed by atoms with Crippen LogP contribution in [0.25, 0.3) is 0 Å². The summed E-state index contributed by atoms with van der Waals surface area (Å²) in [5, 5.41) is 1.12. The van der Waals surface area contributed by atoms with Crippen LogP contribution in [0.5, 0.6) is 0 Å². The Bertz CT molecular complexity index is 511. The van der Waals surface area contributed by atoms with E-state index in [1.165, 1.54) is 23.8 Å². The minimum atomic E-state index is -0.179. The van der Waals surface area contributed by atoms with E-state index in [0.717, 1.165) is 17.2 Å². The summed E-state index contributed by atoms with van der Waals surface area (Å²) in [6.07, 6.45) is 1.25. The molecular formula is C15H19NO2S. The second-order valence-electron chi connectivity index (χ2n) is 4.86. The predicted octanol–water partition coefficient (Wildman–Crippen LogP) is 2.92. The summed E-state index contributed by atoms with van der Waals surface area (Å²) in [7, 11) is 1.42. The second kappa shape index (κ2) is 6.24. The second-order valence-corrected chi connectivity index (χ2v) is 5.96. The molecule has 2 rings (SSSR count). The van der Waals surface area contributed by atoms with Crippen molar-refractivity contribution in [2.75, 3.05) is 12.9 Å². The van der Waals surface area contributed by atoms with Crippen molar-refractivity contribution in [1.82, 2.24) is 0 Å². The molecule has 19 heavy (non-hydrogen) atoms. The lowest BCUT2D eigenvalue weighted by molar-refractivity contribution is -0.140. The topological polar surface area (TPSA) is 38.7 Å². The van der Waals surface area contributed by atoms with Crippen molar-refractivity contribution >= 4 is 22.8 Å². The molecule has 1 aromatic carbocycles. The highest BCUT2D eigenvalue weighted by molar-refractivity contribution is 8.14. The molecule has 0 N–H and O–H groups in total. The summed E-state index contributed by atoms with van der Waals surface area (Å²) in [4.78, 5) is 15.8. The molecule has 1 unspecified atom stereocenters. The zero-order valence-corrected chi connectivity index (χ0v) is 12.4. The van der Waals surface area contributed by atoms with Gasteiger partial charge in [-0.3, -0.25) is 9.79 Å². The van der Waals surface area contributed by atoms with Gasteiger partial charge in [0.1, 0.15) is 0 Å². The first-order valence-corrected chi connectivity index (χ1v) is 7.39. The van der Waals surface area contributed by atoms with Crippen LogP contribution >= 0.6 is 11.8 Å². The molecule has 0 aliphatic carbocycles. The molecule has 0 bridgehead atoms. The minimum Gasteiger partial charge on any atom is -0.469 e. The molecule has 0 amide bonds. The third kappa shape index (κ3) is 3.83. The number of benzene rings is 1. The molecule has 0 fully saturated rings. The smallest absolute Gasteiger partial charge is 0.307 e. The zero-order valence-electron chi connectivity index (χ0n) is 11.6. The van der Waals surface area contributed by atoms with E-state index in [1.807, 2.05) is 0 Å². The van der Waals surface area contributed by atoms with Gasteiger partial charge in [-0.25, -0.2) is 0 Å². The van der Waals surface area contributed by atoms with E-state index < -0.39 is 0 Å². The highest BCUT2D eigenvalue weighted by Crippen LogP contribution is 2.23. The Labute approximate surface area is 118 Å². The van der Waals surface area contributed by atoms with Crippen molar-refractivity contribution in [2.24, 2.45) is 4.99 Å². The summed E-state index contributed by atoms with van der Waals surface area (Å²) >= 11 is 1.75. The van der Waals surface area contributed by atoms with Gasteiger partial charge in [0.2, 0.25) is 0 Å². The van der Waals surface area contributed by atoms with Gasteiger partial charge >= 0.3 is 5.97 Å². The van der Waals surface area contributed by atoms with Gasteiger partial charge in [0, 0.05) is 12.2 Å². The molecule has 1 aliphatic rings. The van der Waals surface area contributed by atoms with E-state index >= 15 is 0 Å². The largest absolute Gasteiger partial charge is 0.469 e.